The molecule has 0 bridgehead atoms. The largest absolute Gasteiger partial charge is 0.323 e. The van der Waals surface area contributed by atoms with Crippen LogP contribution in [0.3, 0.4) is 0 Å². The van der Waals surface area contributed by atoms with Crippen LogP contribution in [0.15, 0.2) is 29.6 Å². The molecule has 2 rings (SSSR count). The summed E-state index contributed by atoms with van der Waals surface area (Å²) in [6.45, 7) is 7.53. The molecule has 19 heavy (non-hydrogen) atoms. The van der Waals surface area contributed by atoms with Crippen molar-refractivity contribution in [2.24, 2.45) is 0 Å². The van der Waals surface area contributed by atoms with Crippen LogP contribution in [0.1, 0.15) is 36.8 Å². The molecule has 0 aliphatic carbocycles. The van der Waals surface area contributed by atoms with Crippen molar-refractivity contribution in [3.05, 3.63) is 41.5 Å². The van der Waals surface area contributed by atoms with E-state index in [0.717, 1.165) is 28.8 Å². The van der Waals surface area contributed by atoms with Crippen LogP contribution in [0.25, 0.3) is 0 Å². The highest BCUT2D eigenvalue weighted by atomic mass is 32.2. The molecule has 0 aliphatic heterocycles. The van der Waals surface area contributed by atoms with Gasteiger partial charge in [0.05, 0.1) is 11.4 Å². The van der Waals surface area contributed by atoms with Gasteiger partial charge in [0.2, 0.25) is 0 Å². The Morgan fingerprint density at radius 1 is 1.26 bits per heavy atom. The molecule has 0 saturated carbocycles. The van der Waals surface area contributed by atoms with Gasteiger partial charge >= 0.3 is 0 Å². The second-order valence-corrected chi connectivity index (χ2v) is 5.62. The van der Waals surface area contributed by atoms with E-state index in [1.54, 1.807) is 11.8 Å². The van der Waals surface area contributed by atoms with Gasteiger partial charge in [0.15, 0.2) is 5.16 Å². The number of rotatable bonds is 6. The summed E-state index contributed by atoms with van der Waals surface area (Å²) >= 11 is 1.77. The fraction of sp³-hybridized carbons (Fsp3) is 0.467. The third kappa shape index (κ3) is 3.60. The molecule has 0 spiro atoms. The number of hydrogen-bond acceptors (Lipinski definition) is 3. The van der Waals surface area contributed by atoms with Crippen LogP contribution in [0.2, 0.25) is 0 Å². The Kier molecular flexibility index (Phi) is 5.02. The van der Waals surface area contributed by atoms with Gasteiger partial charge in [-0.05, 0) is 32.4 Å². The normalized spacial score (nSPS) is 10.9. The maximum atomic E-state index is 4.68. The molecule has 0 fully saturated rings. The topological polar surface area (TPSA) is 30.7 Å². The van der Waals surface area contributed by atoms with Gasteiger partial charge in [0, 0.05) is 24.2 Å². The Hall–Kier alpha value is -1.29. The van der Waals surface area contributed by atoms with Gasteiger partial charge in [-0.3, -0.25) is 4.98 Å². The molecular weight excluding hydrogens is 254 g/mol. The predicted molar refractivity (Wildman–Crippen MR) is 80.4 cm³/mol. The van der Waals surface area contributed by atoms with Gasteiger partial charge in [-0.25, -0.2) is 4.98 Å². The monoisotopic (exact) mass is 275 g/mol. The number of unbranched alkanes of at least 4 members (excludes halogenated alkanes) is 1. The molecule has 0 saturated heterocycles. The minimum Gasteiger partial charge on any atom is -0.323 e. The smallest absolute Gasteiger partial charge is 0.168 e. The fourth-order valence-corrected chi connectivity index (χ4v) is 2.97. The molecule has 0 unspecified atom stereocenters. The van der Waals surface area contributed by atoms with Crippen molar-refractivity contribution in [1.29, 1.82) is 0 Å². The molecule has 0 atom stereocenters. The number of nitrogens with zero attached hydrogens (tertiary/aromatic N) is 3. The van der Waals surface area contributed by atoms with Gasteiger partial charge in [0.1, 0.15) is 0 Å². The first-order valence-electron chi connectivity index (χ1n) is 6.78. The minimum absolute atomic E-state index is 0.878. The van der Waals surface area contributed by atoms with E-state index in [2.05, 4.69) is 41.4 Å². The van der Waals surface area contributed by atoms with Gasteiger partial charge in [-0.2, -0.15) is 0 Å². The van der Waals surface area contributed by atoms with Crippen molar-refractivity contribution in [3.63, 3.8) is 0 Å². The Balaban J connectivity index is 2.09. The molecule has 102 valence electrons. The van der Waals surface area contributed by atoms with Crippen molar-refractivity contribution >= 4 is 11.8 Å². The number of aryl methyl sites for hydroxylation is 1. The molecule has 4 heteroatoms. The van der Waals surface area contributed by atoms with Crippen molar-refractivity contribution < 1.29 is 0 Å². The molecule has 0 N–H and O–H groups in total. The van der Waals surface area contributed by atoms with Gasteiger partial charge in [0.25, 0.3) is 0 Å². The van der Waals surface area contributed by atoms with Gasteiger partial charge < -0.3 is 4.57 Å². The van der Waals surface area contributed by atoms with Crippen LogP contribution in [0.5, 0.6) is 0 Å². The zero-order chi connectivity index (χ0) is 13.7. The van der Waals surface area contributed by atoms with Crippen molar-refractivity contribution in [3.8, 4) is 0 Å². The first-order valence-corrected chi connectivity index (χ1v) is 7.77. The Labute approximate surface area is 119 Å². The molecule has 2 aromatic rings. The fourth-order valence-electron chi connectivity index (χ4n) is 1.94. The van der Waals surface area contributed by atoms with Crippen LogP contribution in [-0.2, 0) is 12.3 Å². The van der Waals surface area contributed by atoms with E-state index < -0.39 is 0 Å². The molecule has 0 amide bonds. The average Bonchev–Trinajstić information content (AvgIpc) is 2.71. The van der Waals surface area contributed by atoms with Crippen molar-refractivity contribution in [1.82, 2.24) is 14.5 Å². The zero-order valence-electron chi connectivity index (χ0n) is 11.9. The van der Waals surface area contributed by atoms with Gasteiger partial charge in [-0.1, -0.05) is 31.2 Å². The highest BCUT2D eigenvalue weighted by Crippen LogP contribution is 2.24. The van der Waals surface area contributed by atoms with E-state index in [1.165, 1.54) is 18.5 Å². The van der Waals surface area contributed by atoms with E-state index in [0.29, 0.717) is 0 Å². The van der Waals surface area contributed by atoms with Crippen LogP contribution in [0.4, 0.5) is 0 Å². The Bertz CT molecular complexity index is 520. The minimum atomic E-state index is 0.878. The summed E-state index contributed by atoms with van der Waals surface area (Å²) in [4.78, 5) is 9.03. The number of hydrogen-bond donors (Lipinski definition) is 0. The van der Waals surface area contributed by atoms with Crippen molar-refractivity contribution in [2.45, 2.75) is 51.1 Å². The number of pyridine rings is 1. The SMILES string of the molecule is CCCCn1c(SCc2ccccn2)nc(C)c1C. The molecule has 0 radical (unpaired) electrons. The maximum Gasteiger partial charge on any atom is 0.168 e. The lowest BCUT2D eigenvalue weighted by Crippen LogP contribution is -2.02. The van der Waals surface area contributed by atoms with E-state index in [-0.39, 0.29) is 0 Å². The lowest BCUT2D eigenvalue weighted by atomic mass is 10.3. The number of aromatic nitrogens is 3. The van der Waals surface area contributed by atoms with E-state index in [9.17, 15) is 0 Å². The standard InChI is InChI=1S/C15H21N3S/c1-4-5-10-18-13(3)12(2)17-15(18)19-11-14-8-6-7-9-16-14/h6-9H,4-5,10-11H2,1-3H3. The summed E-state index contributed by atoms with van der Waals surface area (Å²) in [5, 5.41) is 1.12. The second kappa shape index (κ2) is 6.75. The lowest BCUT2D eigenvalue weighted by Gasteiger charge is -2.08. The highest BCUT2D eigenvalue weighted by molar-refractivity contribution is 7.98. The predicted octanol–water partition coefficient (Wildman–Crippen LogP) is 3.99. The maximum absolute atomic E-state index is 4.68. The number of thioether (sulfide) groups is 1. The molecule has 3 nitrogen and oxygen atoms in total. The van der Waals surface area contributed by atoms with E-state index in [1.807, 2.05) is 18.3 Å². The van der Waals surface area contributed by atoms with Crippen molar-refractivity contribution in [2.75, 3.05) is 0 Å². The van der Waals surface area contributed by atoms with Crippen LogP contribution in [0, 0.1) is 13.8 Å². The van der Waals surface area contributed by atoms with Crippen LogP contribution >= 0.6 is 11.8 Å². The summed E-state index contributed by atoms with van der Waals surface area (Å²) < 4.78 is 2.34. The van der Waals surface area contributed by atoms with Gasteiger partial charge in [-0.15, -0.1) is 0 Å². The van der Waals surface area contributed by atoms with E-state index in [4.69, 9.17) is 0 Å². The van der Waals surface area contributed by atoms with Crippen LogP contribution in [-0.4, -0.2) is 14.5 Å². The third-order valence-corrected chi connectivity index (χ3v) is 4.24. The summed E-state index contributed by atoms with van der Waals surface area (Å²) in [6, 6.07) is 6.04. The zero-order valence-corrected chi connectivity index (χ0v) is 12.7. The second-order valence-electron chi connectivity index (χ2n) is 4.68. The number of imidazole rings is 1. The van der Waals surface area contributed by atoms with E-state index >= 15 is 0 Å². The quantitative estimate of drug-likeness (QED) is 0.747. The average molecular weight is 275 g/mol. The Morgan fingerprint density at radius 2 is 2.11 bits per heavy atom. The first kappa shape index (κ1) is 14.1. The molecule has 2 aromatic heterocycles. The summed E-state index contributed by atoms with van der Waals surface area (Å²) in [5.74, 6) is 0.878. The molecule has 0 aliphatic rings. The molecule has 0 aromatic carbocycles. The van der Waals surface area contributed by atoms with Crippen LogP contribution < -0.4 is 0 Å². The third-order valence-electron chi connectivity index (χ3n) is 3.23. The summed E-state index contributed by atoms with van der Waals surface area (Å²) in [5.41, 5.74) is 3.53. The molecule has 2 heterocycles. The Morgan fingerprint density at radius 3 is 2.79 bits per heavy atom. The lowest BCUT2D eigenvalue weighted by molar-refractivity contribution is 0.575. The summed E-state index contributed by atoms with van der Waals surface area (Å²) in [7, 11) is 0. The highest BCUT2D eigenvalue weighted by Gasteiger charge is 2.11. The summed E-state index contributed by atoms with van der Waals surface area (Å²) in [6.07, 6.45) is 4.25. The molecular formula is C15H21N3S. The first-order chi connectivity index (χ1) is 9.22.